The van der Waals surface area contributed by atoms with Crippen molar-refractivity contribution >= 4 is 26.7 Å². The van der Waals surface area contributed by atoms with E-state index in [0.717, 1.165) is 12.2 Å². The second kappa shape index (κ2) is 5.58. The minimum Gasteiger partial charge on any atom is -0.309 e. The molecule has 1 heterocycles. The minimum atomic E-state index is -3.47. The summed E-state index contributed by atoms with van der Waals surface area (Å²) in [5.41, 5.74) is 0.834. The summed E-state index contributed by atoms with van der Waals surface area (Å²) in [5, 5.41) is 5.41. The summed E-state index contributed by atoms with van der Waals surface area (Å²) in [6.07, 6.45) is 0. The number of nitrogens with one attached hydrogen (secondary N) is 3. The van der Waals surface area contributed by atoms with Crippen molar-refractivity contribution in [2.24, 2.45) is 0 Å². The summed E-state index contributed by atoms with van der Waals surface area (Å²) in [7, 11) is -2.12. The maximum absolute atomic E-state index is 11.2. The first-order valence-corrected chi connectivity index (χ1v) is 7.25. The zero-order chi connectivity index (χ0) is 12.2. The number of hydrogen-bond acceptors (Lipinski definition) is 5. The van der Waals surface area contributed by atoms with Crippen molar-refractivity contribution in [1.29, 1.82) is 0 Å². The van der Waals surface area contributed by atoms with Gasteiger partial charge in [-0.15, -0.1) is 11.3 Å². The average Bonchev–Trinajstić information content (AvgIpc) is 2.66. The highest BCUT2D eigenvalue weighted by Gasteiger charge is 2.12. The van der Waals surface area contributed by atoms with Crippen LogP contribution < -0.4 is 14.8 Å². The number of nitrogens with zero attached hydrogens (tertiary/aromatic N) is 1. The van der Waals surface area contributed by atoms with Crippen LogP contribution in [0.2, 0.25) is 0 Å². The fourth-order valence-electron chi connectivity index (χ4n) is 1.11. The molecule has 6 nitrogen and oxygen atoms in total. The molecule has 0 aromatic carbocycles. The van der Waals surface area contributed by atoms with Gasteiger partial charge in [-0.25, -0.2) is 14.4 Å². The van der Waals surface area contributed by atoms with E-state index in [1.54, 1.807) is 0 Å². The van der Waals surface area contributed by atoms with Crippen LogP contribution in [-0.4, -0.2) is 27.0 Å². The molecule has 92 valence electrons. The molecule has 1 aromatic rings. The summed E-state index contributed by atoms with van der Waals surface area (Å²) in [4.78, 5) is 4.19. The molecule has 0 amide bonds. The molecule has 0 aliphatic carbocycles. The highest BCUT2D eigenvalue weighted by molar-refractivity contribution is 7.91. The van der Waals surface area contributed by atoms with E-state index in [1.165, 1.54) is 18.4 Å². The fourth-order valence-corrected chi connectivity index (χ4v) is 2.66. The Labute approximate surface area is 99.7 Å². The molecular weight excluding hydrogens is 248 g/mol. The second-order valence-electron chi connectivity index (χ2n) is 3.17. The van der Waals surface area contributed by atoms with E-state index in [4.69, 9.17) is 0 Å². The summed E-state index contributed by atoms with van der Waals surface area (Å²) in [6.45, 7) is 4.83. The first kappa shape index (κ1) is 13.4. The maximum Gasteiger partial charge on any atom is 0.300 e. The monoisotopic (exact) mass is 264 g/mol. The van der Waals surface area contributed by atoms with Crippen LogP contribution in [0.1, 0.15) is 25.6 Å². The lowest BCUT2D eigenvalue weighted by Crippen LogP contribution is -2.26. The van der Waals surface area contributed by atoms with Crippen LogP contribution in [0.5, 0.6) is 0 Å². The van der Waals surface area contributed by atoms with Crippen molar-refractivity contribution in [1.82, 2.24) is 15.0 Å². The Morgan fingerprint density at radius 3 is 2.81 bits per heavy atom. The Morgan fingerprint density at radius 1 is 1.56 bits per heavy atom. The molecule has 0 fully saturated rings. The van der Waals surface area contributed by atoms with Gasteiger partial charge in [-0.05, 0) is 13.5 Å². The van der Waals surface area contributed by atoms with Gasteiger partial charge in [0.05, 0.1) is 5.69 Å². The molecule has 0 bridgehead atoms. The van der Waals surface area contributed by atoms with Gasteiger partial charge in [0.1, 0.15) is 0 Å². The molecule has 0 saturated heterocycles. The highest BCUT2D eigenvalue weighted by atomic mass is 32.2. The molecule has 0 saturated carbocycles. The van der Waals surface area contributed by atoms with E-state index < -0.39 is 10.2 Å². The Bertz CT molecular complexity index is 429. The highest BCUT2D eigenvalue weighted by Crippen LogP contribution is 2.20. The van der Waals surface area contributed by atoms with Crippen molar-refractivity contribution in [3.63, 3.8) is 0 Å². The molecule has 0 aliphatic rings. The molecule has 3 N–H and O–H groups in total. The van der Waals surface area contributed by atoms with Crippen LogP contribution in [0.4, 0.5) is 5.13 Å². The molecule has 1 unspecified atom stereocenters. The molecule has 1 aromatic heterocycles. The quantitative estimate of drug-likeness (QED) is 0.706. The Morgan fingerprint density at radius 2 is 2.25 bits per heavy atom. The van der Waals surface area contributed by atoms with Gasteiger partial charge in [0, 0.05) is 18.5 Å². The van der Waals surface area contributed by atoms with Gasteiger partial charge >= 0.3 is 10.2 Å². The van der Waals surface area contributed by atoms with E-state index in [0.29, 0.717) is 5.13 Å². The summed E-state index contributed by atoms with van der Waals surface area (Å²) < 4.78 is 26.9. The molecule has 16 heavy (non-hydrogen) atoms. The topological polar surface area (TPSA) is 83.1 Å². The van der Waals surface area contributed by atoms with Gasteiger partial charge in [-0.1, -0.05) is 6.92 Å². The summed E-state index contributed by atoms with van der Waals surface area (Å²) >= 11 is 1.26. The Kier molecular flexibility index (Phi) is 4.66. The molecule has 1 rings (SSSR count). The predicted octanol–water partition coefficient (Wildman–Crippen LogP) is 0.690. The third-order valence-electron chi connectivity index (χ3n) is 1.97. The van der Waals surface area contributed by atoms with E-state index in [-0.39, 0.29) is 6.04 Å². The van der Waals surface area contributed by atoms with Crippen LogP contribution >= 0.6 is 11.3 Å². The van der Waals surface area contributed by atoms with Gasteiger partial charge in [0.25, 0.3) is 0 Å². The zero-order valence-corrected chi connectivity index (χ0v) is 11.1. The van der Waals surface area contributed by atoms with Crippen LogP contribution in [0.25, 0.3) is 0 Å². The van der Waals surface area contributed by atoms with Crippen molar-refractivity contribution in [3.8, 4) is 0 Å². The normalized spacial score (nSPS) is 13.7. The number of hydrogen-bond donors (Lipinski definition) is 3. The van der Waals surface area contributed by atoms with Crippen molar-refractivity contribution in [3.05, 3.63) is 11.1 Å². The lowest BCUT2D eigenvalue weighted by molar-refractivity contribution is 0.585. The third-order valence-corrected chi connectivity index (χ3v) is 3.87. The third kappa shape index (κ3) is 3.71. The first-order chi connectivity index (χ1) is 7.48. The maximum atomic E-state index is 11.2. The second-order valence-corrected chi connectivity index (χ2v) is 5.64. The van der Waals surface area contributed by atoms with E-state index >= 15 is 0 Å². The largest absolute Gasteiger partial charge is 0.309 e. The smallest absolute Gasteiger partial charge is 0.300 e. The Hall–Kier alpha value is -0.700. The van der Waals surface area contributed by atoms with E-state index in [9.17, 15) is 8.42 Å². The van der Waals surface area contributed by atoms with Crippen molar-refractivity contribution < 1.29 is 8.42 Å². The Balaban J connectivity index is 2.72. The standard InChI is InChI=1S/C8H16N4O2S2/c1-4-10-6(2)7-5-15-8(11-7)12-16(13,14)9-3/h5-6,9-10H,4H2,1-3H3,(H,11,12). The van der Waals surface area contributed by atoms with Crippen molar-refractivity contribution in [2.45, 2.75) is 19.9 Å². The predicted molar refractivity (Wildman–Crippen MR) is 65.8 cm³/mol. The van der Waals surface area contributed by atoms with Crippen LogP contribution in [0, 0.1) is 0 Å². The van der Waals surface area contributed by atoms with Gasteiger partial charge in [-0.3, -0.25) is 0 Å². The first-order valence-electron chi connectivity index (χ1n) is 4.88. The lowest BCUT2D eigenvalue weighted by atomic mass is 10.3. The SMILES string of the molecule is CCNC(C)c1csc(NS(=O)(=O)NC)n1. The number of rotatable bonds is 6. The van der Waals surface area contributed by atoms with Crippen LogP contribution in [-0.2, 0) is 10.2 Å². The molecule has 0 spiro atoms. The summed E-state index contributed by atoms with van der Waals surface area (Å²) in [5.74, 6) is 0. The zero-order valence-electron chi connectivity index (χ0n) is 9.44. The minimum absolute atomic E-state index is 0.120. The molecule has 0 radical (unpaired) electrons. The van der Waals surface area contributed by atoms with E-state index in [2.05, 4.69) is 19.7 Å². The number of aromatic nitrogens is 1. The fraction of sp³-hybridized carbons (Fsp3) is 0.625. The molecule has 8 heteroatoms. The van der Waals surface area contributed by atoms with Gasteiger partial charge in [0.15, 0.2) is 5.13 Å². The average molecular weight is 264 g/mol. The molecule has 0 aliphatic heterocycles. The number of thiazole rings is 1. The van der Waals surface area contributed by atoms with Gasteiger partial charge in [-0.2, -0.15) is 8.42 Å². The van der Waals surface area contributed by atoms with Crippen LogP contribution in [0.15, 0.2) is 5.38 Å². The molecule has 1 atom stereocenters. The lowest BCUT2D eigenvalue weighted by Gasteiger charge is -2.08. The van der Waals surface area contributed by atoms with Crippen molar-refractivity contribution in [2.75, 3.05) is 18.3 Å². The van der Waals surface area contributed by atoms with Crippen LogP contribution in [0.3, 0.4) is 0 Å². The molecular formula is C8H16N4O2S2. The summed E-state index contributed by atoms with van der Waals surface area (Å²) in [6, 6.07) is 0.120. The van der Waals surface area contributed by atoms with Gasteiger partial charge in [0.2, 0.25) is 0 Å². The van der Waals surface area contributed by atoms with Gasteiger partial charge < -0.3 is 5.32 Å². The number of anilines is 1. The van der Waals surface area contributed by atoms with E-state index in [1.807, 2.05) is 19.2 Å².